The molecule has 0 spiro atoms. The van der Waals surface area contributed by atoms with E-state index >= 15 is 0 Å². The smallest absolute Gasteiger partial charge is 0.171 e. The minimum atomic E-state index is -3.15. The molecule has 1 radical (unpaired) electrons. The van der Waals surface area contributed by atoms with Crippen molar-refractivity contribution in [3.63, 3.8) is 0 Å². The van der Waals surface area contributed by atoms with Crippen molar-refractivity contribution >= 4 is 15.9 Å². The van der Waals surface area contributed by atoms with Crippen LogP contribution in [0.4, 0.5) is 0 Å². The van der Waals surface area contributed by atoms with Crippen molar-refractivity contribution in [2.75, 3.05) is 6.26 Å². The highest BCUT2D eigenvalue weighted by Gasteiger charge is 2.04. The van der Waals surface area contributed by atoms with Crippen molar-refractivity contribution in [1.29, 1.82) is 0 Å². The Morgan fingerprint density at radius 3 is 2.31 bits per heavy atom. The summed E-state index contributed by atoms with van der Waals surface area (Å²) in [6.07, 6.45) is 2.70. The molecule has 0 fully saturated rings. The second-order valence-corrected chi connectivity index (χ2v) is 4.86. The highest BCUT2D eigenvalue weighted by atomic mass is 32.2. The van der Waals surface area contributed by atoms with E-state index in [2.05, 4.69) is 6.92 Å². The largest absolute Gasteiger partial charge is 0.224 e. The normalized spacial score (nSPS) is 12.9. The predicted octanol–water partition coefficient (Wildman–Crippen LogP) is 1.91. The van der Waals surface area contributed by atoms with Gasteiger partial charge in [0.05, 0.1) is 0 Å². The summed E-state index contributed by atoms with van der Waals surface area (Å²) in [5.41, 5.74) is 0.845. The molecular formula is C10H11O2S. The standard InChI is InChI=1S/C10H11O2S/c1-9(13(2,11)12)8-10-6-4-3-5-7-10/h3-8H,1H2,2H3/b9-8+. The van der Waals surface area contributed by atoms with Crippen LogP contribution in [0.15, 0.2) is 35.2 Å². The van der Waals surface area contributed by atoms with E-state index in [4.69, 9.17) is 0 Å². The average Bonchev–Trinajstić information content (AvgIpc) is 2.04. The van der Waals surface area contributed by atoms with Gasteiger partial charge in [-0.05, 0) is 18.6 Å². The summed E-state index contributed by atoms with van der Waals surface area (Å²) in [4.78, 5) is 0.138. The highest BCUT2D eigenvalue weighted by molar-refractivity contribution is 7.94. The fraction of sp³-hybridized carbons (Fsp3) is 0.100. The van der Waals surface area contributed by atoms with Gasteiger partial charge < -0.3 is 0 Å². The average molecular weight is 195 g/mol. The molecule has 1 aromatic rings. The lowest BCUT2D eigenvalue weighted by molar-refractivity contribution is 0.608. The van der Waals surface area contributed by atoms with E-state index in [1.165, 1.54) is 0 Å². The van der Waals surface area contributed by atoms with Crippen molar-refractivity contribution in [3.8, 4) is 0 Å². The minimum Gasteiger partial charge on any atom is -0.224 e. The summed E-state index contributed by atoms with van der Waals surface area (Å²) >= 11 is 0. The molecule has 1 rings (SSSR count). The number of hydrogen-bond acceptors (Lipinski definition) is 2. The van der Waals surface area contributed by atoms with Gasteiger partial charge in [-0.15, -0.1) is 0 Å². The number of sulfone groups is 1. The third kappa shape index (κ3) is 3.03. The lowest BCUT2D eigenvalue weighted by Crippen LogP contribution is -1.96. The van der Waals surface area contributed by atoms with E-state index in [1.807, 2.05) is 30.3 Å². The van der Waals surface area contributed by atoms with Gasteiger partial charge in [-0.1, -0.05) is 30.3 Å². The molecule has 0 amide bonds. The zero-order valence-corrected chi connectivity index (χ0v) is 8.21. The van der Waals surface area contributed by atoms with Crippen molar-refractivity contribution in [3.05, 3.63) is 47.7 Å². The monoisotopic (exact) mass is 195 g/mol. The van der Waals surface area contributed by atoms with Crippen LogP contribution in [0.2, 0.25) is 0 Å². The molecule has 0 saturated carbocycles. The molecule has 1 aromatic carbocycles. The minimum absolute atomic E-state index is 0.138. The summed E-state index contributed by atoms with van der Waals surface area (Å²) < 4.78 is 22.0. The Hall–Kier alpha value is -1.09. The number of rotatable bonds is 2. The molecule has 13 heavy (non-hydrogen) atoms. The van der Waals surface area contributed by atoms with E-state index in [0.29, 0.717) is 0 Å². The van der Waals surface area contributed by atoms with Crippen LogP contribution in [0.1, 0.15) is 5.56 Å². The molecule has 2 nitrogen and oxygen atoms in total. The van der Waals surface area contributed by atoms with E-state index in [0.717, 1.165) is 11.8 Å². The van der Waals surface area contributed by atoms with Crippen LogP contribution < -0.4 is 0 Å². The Labute approximate surface area is 78.8 Å². The first-order valence-electron chi connectivity index (χ1n) is 3.79. The molecule has 3 heteroatoms. The fourth-order valence-corrected chi connectivity index (χ4v) is 1.19. The van der Waals surface area contributed by atoms with Crippen LogP contribution in [0, 0.1) is 6.92 Å². The predicted molar refractivity (Wildman–Crippen MR) is 54.6 cm³/mol. The lowest BCUT2D eigenvalue weighted by atomic mass is 10.2. The Bertz CT molecular complexity index is 402. The van der Waals surface area contributed by atoms with Gasteiger partial charge in [0.1, 0.15) is 0 Å². The Kier molecular flexibility index (Phi) is 2.88. The lowest BCUT2D eigenvalue weighted by Gasteiger charge is -1.97. The molecule has 0 aliphatic carbocycles. The van der Waals surface area contributed by atoms with Crippen LogP contribution in [0.3, 0.4) is 0 Å². The quantitative estimate of drug-likeness (QED) is 0.722. The van der Waals surface area contributed by atoms with Gasteiger partial charge in [-0.25, -0.2) is 8.42 Å². The van der Waals surface area contributed by atoms with E-state index < -0.39 is 9.84 Å². The fourth-order valence-electron chi connectivity index (χ4n) is 0.842. The van der Waals surface area contributed by atoms with Crippen LogP contribution >= 0.6 is 0 Å². The molecule has 0 saturated heterocycles. The summed E-state index contributed by atoms with van der Waals surface area (Å²) in [6.45, 7) is 3.48. The Morgan fingerprint density at radius 1 is 1.31 bits per heavy atom. The van der Waals surface area contributed by atoms with Crippen LogP contribution in [0.5, 0.6) is 0 Å². The van der Waals surface area contributed by atoms with E-state index in [1.54, 1.807) is 6.08 Å². The van der Waals surface area contributed by atoms with Gasteiger partial charge in [0, 0.05) is 11.2 Å². The molecule has 0 aliphatic heterocycles. The van der Waals surface area contributed by atoms with Crippen molar-refractivity contribution in [2.45, 2.75) is 0 Å². The molecular weight excluding hydrogens is 184 g/mol. The SMILES string of the molecule is [CH2]/C(=C\c1ccccc1)S(C)(=O)=O. The van der Waals surface area contributed by atoms with Crippen molar-refractivity contribution in [2.24, 2.45) is 0 Å². The maximum Gasteiger partial charge on any atom is 0.171 e. The second-order valence-electron chi connectivity index (χ2n) is 2.79. The summed E-state index contributed by atoms with van der Waals surface area (Å²) in [6, 6.07) is 9.23. The topological polar surface area (TPSA) is 34.1 Å². The van der Waals surface area contributed by atoms with Gasteiger partial charge in [0.25, 0.3) is 0 Å². The van der Waals surface area contributed by atoms with Gasteiger partial charge in [-0.3, -0.25) is 0 Å². The van der Waals surface area contributed by atoms with Crippen LogP contribution in [-0.2, 0) is 9.84 Å². The molecule has 0 N–H and O–H groups in total. The maximum absolute atomic E-state index is 11.0. The summed E-state index contributed by atoms with van der Waals surface area (Å²) in [5, 5.41) is 0. The van der Waals surface area contributed by atoms with Crippen molar-refractivity contribution in [1.82, 2.24) is 0 Å². The van der Waals surface area contributed by atoms with Crippen LogP contribution in [0.25, 0.3) is 6.08 Å². The number of hydrogen-bond donors (Lipinski definition) is 0. The first kappa shape index (κ1) is 9.99. The molecule has 0 atom stereocenters. The Balaban J connectivity index is 3.04. The Morgan fingerprint density at radius 2 is 1.85 bits per heavy atom. The van der Waals surface area contributed by atoms with Gasteiger partial charge in [-0.2, -0.15) is 0 Å². The molecule has 0 heterocycles. The molecule has 0 bridgehead atoms. The number of allylic oxidation sites excluding steroid dienone is 1. The summed E-state index contributed by atoms with van der Waals surface area (Å²) in [5.74, 6) is 0. The zero-order valence-electron chi connectivity index (χ0n) is 7.40. The van der Waals surface area contributed by atoms with Crippen LogP contribution in [-0.4, -0.2) is 14.7 Å². The van der Waals surface area contributed by atoms with Gasteiger partial charge in [0.2, 0.25) is 0 Å². The molecule has 0 aromatic heterocycles. The first-order chi connectivity index (χ1) is 6.00. The molecule has 69 valence electrons. The number of benzene rings is 1. The third-order valence-corrected chi connectivity index (χ3v) is 2.67. The first-order valence-corrected chi connectivity index (χ1v) is 5.68. The zero-order chi connectivity index (χ0) is 9.90. The highest BCUT2D eigenvalue weighted by Crippen LogP contribution is 2.09. The third-order valence-electron chi connectivity index (χ3n) is 1.60. The summed E-state index contributed by atoms with van der Waals surface area (Å²) in [7, 11) is -3.15. The van der Waals surface area contributed by atoms with Gasteiger partial charge >= 0.3 is 0 Å². The second kappa shape index (κ2) is 3.75. The molecule has 0 unspecified atom stereocenters. The van der Waals surface area contributed by atoms with E-state index in [-0.39, 0.29) is 4.91 Å². The van der Waals surface area contributed by atoms with Gasteiger partial charge in [0.15, 0.2) is 9.84 Å². The van der Waals surface area contributed by atoms with Crippen molar-refractivity contribution < 1.29 is 8.42 Å². The maximum atomic E-state index is 11.0. The van der Waals surface area contributed by atoms with E-state index in [9.17, 15) is 8.42 Å². The molecule has 0 aliphatic rings.